The molecule has 2 heterocycles. The highest BCUT2D eigenvalue weighted by Crippen LogP contribution is 2.13. The lowest BCUT2D eigenvalue weighted by Crippen LogP contribution is -2.32. The third-order valence-electron chi connectivity index (χ3n) is 2.78. The van der Waals surface area contributed by atoms with Crippen molar-refractivity contribution in [2.45, 2.75) is 26.0 Å². The van der Waals surface area contributed by atoms with Crippen LogP contribution in [0.2, 0.25) is 0 Å². The first-order chi connectivity index (χ1) is 7.78. The van der Waals surface area contributed by atoms with Crippen LogP contribution in [0, 0.1) is 6.92 Å². The van der Waals surface area contributed by atoms with Gasteiger partial charge in [-0.05, 0) is 25.5 Å². The molecular weight excluding hydrogens is 209 g/mol. The highest BCUT2D eigenvalue weighted by Gasteiger charge is 2.19. The second kappa shape index (κ2) is 5.46. The van der Waals surface area contributed by atoms with E-state index in [2.05, 4.69) is 4.90 Å². The molecule has 90 valence electrons. The van der Waals surface area contributed by atoms with E-state index in [1.54, 1.807) is 0 Å². The Morgan fingerprint density at radius 1 is 1.50 bits per heavy atom. The molecule has 0 N–H and O–H groups in total. The van der Waals surface area contributed by atoms with Crippen molar-refractivity contribution in [3.8, 4) is 0 Å². The van der Waals surface area contributed by atoms with Gasteiger partial charge in [-0.1, -0.05) is 0 Å². The molecule has 2 rings (SSSR count). The predicted molar refractivity (Wildman–Crippen MR) is 59.1 cm³/mol. The van der Waals surface area contributed by atoms with Crippen LogP contribution in [0.15, 0.2) is 16.5 Å². The standard InChI is InChI=1S/C12H18FNO2/c1-10-3-4-11(16-10)8-14-5-2-6-15-12(7-13)9-14/h3-4,12H,2,5-9H2,1H3/t12-/m1/s1. The van der Waals surface area contributed by atoms with Crippen LogP contribution >= 0.6 is 0 Å². The minimum atomic E-state index is -0.409. The van der Waals surface area contributed by atoms with Crippen molar-refractivity contribution in [1.29, 1.82) is 0 Å². The Morgan fingerprint density at radius 2 is 2.38 bits per heavy atom. The SMILES string of the molecule is Cc1ccc(CN2CCCO[C@H](CF)C2)o1. The fourth-order valence-electron chi connectivity index (χ4n) is 2.00. The minimum absolute atomic E-state index is 0.279. The Balaban J connectivity index is 1.92. The normalized spacial score (nSPS) is 23.2. The Kier molecular flexibility index (Phi) is 3.96. The van der Waals surface area contributed by atoms with Crippen LogP contribution in [-0.4, -0.2) is 37.4 Å². The molecule has 1 atom stereocenters. The molecule has 0 aromatic carbocycles. The maximum atomic E-state index is 12.6. The van der Waals surface area contributed by atoms with Crippen LogP contribution in [-0.2, 0) is 11.3 Å². The average molecular weight is 227 g/mol. The lowest BCUT2D eigenvalue weighted by molar-refractivity contribution is 0.0352. The zero-order valence-corrected chi connectivity index (χ0v) is 9.62. The Bertz CT molecular complexity index is 327. The van der Waals surface area contributed by atoms with Crippen LogP contribution in [0.4, 0.5) is 4.39 Å². The predicted octanol–water partition coefficient (Wildman–Crippen LogP) is 2.15. The number of hydrogen-bond acceptors (Lipinski definition) is 3. The number of halogens is 1. The molecular formula is C12H18FNO2. The maximum Gasteiger partial charge on any atom is 0.118 e. The summed E-state index contributed by atoms with van der Waals surface area (Å²) in [4.78, 5) is 2.19. The molecule has 0 amide bonds. The zero-order chi connectivity index (χ0) is 11.4. The monoisotopic (exact) mass is 227 g/mol. The van der Waals surface area contributed by atoms with E-state index in [0.717, 1.165) is 31.0 Å². The molecule has 1 aliphatic heterocycles. The van der Waals surface area contributed by atoms with Gasteiger partial charge in [0, 0.05) is 19.7 Å². The van der Waals surface area contributed by atoms with Gasteiger partial charge in [0.05, 0.1) is 12.6 Å². The van der Waals surface area contributed by atoms with Crippen molar-refractivity contribution >= 4 is 0 Å². The van der Waals surface area contributed by atoms with Crippen molar-refractivity contribution in [1.82, 2.24) is 4.90 Å². The summed E-state index contributed by atoms with van der Waals surface area (Å²) in [6.45, 7) is 4.51. The Labute approximate surface area is 95.2 Å². The maximum absolute atomic E-state index is 12.6. The second-order valence-electron chi connectivity index (χ2n) is 4.25. The summed E-state index contributed by atoms with van der Waals surface area (Å²) in [6, 6.07) is 3.93. The molecule has 0 aliphatic carbocycles. The number of furan rings is 1. The summed E-state index contributed by atoms with van der Waals surface area (Å²) in [5.74, 6) is 1.86. The van der Waals surface area contributed by atoms with Crippen molar-refractivity contribution in [2.75, 3.05) is 26.4 Å². The number of hydrogen-bond donors (Lipinski definition) is 0. The highest BCUT2D eigenvalue weighted by molar-refractivity contribution is 5.05. The molecule has 1 fully saturated rings. The fraction of sp³-hybridized carbons (Fsp3) is 0.667. The number of nitrogens with zero attached hydrogens (tertiary/aromatic N) is 1. The van der Waals surface area contributed by atoms with E-state index >= 15 is 0 Å². The van der Waals surface area contributed by atoms with E-state index in [0.29, 0.717) is 13.2 Å². The van der Waals surface area contributed by atoms with Crippen LogP contribution in [0.3, 0.4) is 0 Å². The van der Waals surface area contributed by atoms with Gasteiger partial charge >= 0.3 is 0 Å². The molecule has 1 aliphatic rings. The molecule has 4 heteroatoms. The van der Waals surface area contributed by atoms with Crippen molar-refractivity contribution < 1.29 is 13.5 Å². The van der Waals surface area contributed by atoms with Crippen LogP contribution < -0.4 is 0 Å². The number of rotatable bonds is 3. The minimum Gasteiger partial charge on any atom is -0.465 e. The van der Waals surface area contributed by atoms with Crippen LogP contribution in [0.5, 0.6) is 0 Å². The van der Waals surface area contributed by atoms with Gasteiger partial charge in [-0.25, -0.2) is 4.39 Å². The van der Waals surface area contributed by atoms with Crippen LogP contribution in [0.25, 0.3) is 0 Å². The van der Waals surface area contributed by atoms with Gasteiger partial charge in [0.2, 0.25) is 0 Å². The highest BCUT2D eigenvalue weighted by atomic mass is 19.1. The van der Waals surface area contributed by atoms with Gasteiger partial charge in [0.1, 0.15) is 18.2 Å². The third kappa shape index (κ3) is 3.06. The quantitative estimate of drug-likeness (QED) is 0.791. The topological polar surface area (TPSA) is 25.6 Å². The van der Waals surface area contributed by atoms with Gasteiger partial charge in [-0.3, -0.25) is 4.90 Å². The first-order valence-electron chi connectivity index (χ1n) is 5.73. The second-order valence-corrected chi connectivity index (χ2v) is 4.25. The summed E-state index contributed by atoms with van der Waals surface area (Å²) in [7, 11) is 0. The van der Waals surface area contributed by atoms with E-state index in [-0.39, 0.29) is 6.10 Å². The third-order valence-corrected chi connectivity index (χ3v) is 2.78. The van der Waals surface area contributed by atoms with E-state index in [9.17, 15) is 4.39 Å². The number of alkyl halides is 1. The van der Waals surface area contributed by atoms with Crippen molar-refractivity contribution in [3.05, 3.63) is 23.7 Å². The van der Waals surface area contributed by atoms with E-state index in [1.165, 1.54) is 0 Å². The van der Waals surface area contributed by atoms with Gasteiger partial charge in [-0.2, -0.15) is 0 Å². The Morgan fingerprint density at radius 3 is 3.06 bits per heavy atom. The summed E-state index contributed by atoms with van der Waals surface area (Å²) < 4.78 is 23.5. The first kappa shape index (κ1) is 11.6. The lowest BCUT2D eigenvalue weighted by atomic mass is 10.3. The van der Waals surface area contributed by atoms with Crippen LogP contribution in [0.1, 0.15) is 17.9 Å². The number of aryl methyl sites for hydroxylation is 1. The first-order valence-corrected chi connectivity index (χ1v) is 5.73. The molecule has 0 spiro atoms. The summed E-state index contributed by atoms with van der Waals surface area (Å²) in [6.07, 6.45) is 0.675. The Hall–Kier alpha value is -0.870. The molecule has 0 saturated carbocycles. The molecule has 0 bridgehead atoms. The fourth-order valence-corrected chi connectivity index (χ4v) is 2.00. The van der Waals surface area contributed by atoms with E-state index in [4.69, 9.17) is 9.15 Å². The molecule has 0 unspecified atom stereocenters. The molecule has 16 heavy (non-hydrogen) atoms. The largest absolute Gasteiger partial charge is 0.465 e. The van der Waals surface area contributed by atoms with Crippen molar-refractivity contribution in [3.63, 3.8) is 0 Å². The average Bonchev–Trinajstić information content (AvgIpc) is 2.55. The summed E-state index contributed by atoms with van der Waals surface area (Å²) >= 11 is 0. The van der Waals surface area contributed by atoms with Gasteiger partial charge in [-0.15, -0.1) is 0 Å². The van der Waals surface area contributed by atoms with Gasteiger partial charge in [0.25, 0.3) is 0 Å². The number of ether oxygens (including phenoxy) is 1. The van der Waals surface area contributed by atoms with Gasteiger partial charge < -0.3 is 9.15 Å². The zero-order valence-electron chi connectivity index (χ0n) is 9.62. The summed E-state index contributed by atoms with van der Waals surface area (Å²) in [5, 5.41) is 0. The van der Waals surface area contributed by atoms with E-state index in [1.807, 2.05) is 19.1 Å². The van der Waals surface area contributed by atoms with Crippen molar-refractivity contribution in [2.24, 2.45) is 0 Å². The molecule has 1 saturated heterocycles. The molecule has 3 nitrogen and oxygen atoms in total. The molecule has 1 aromatic rings. The van der Waals surface area contributed by atoms with Gasteiger partial charge in [0.15, 0.2) is 0 Å². The lowest BCUT2D eigenvalue weighted by Gasteiger charge is -2.20. The van der Waals surface area contributed by atoms with E-state index < -0.39 is 6.67 Å². The summed E-state index contributed by atoms with van der Waals surface area (Å²) in [5.41, 5.74) is 0. The molecule has 0 radical (unpaired) electrons. The smallest absolute Gasteiger partial charge is 0.118 e. The molecule has 1 aromatic heterocycles.